The van der Waals surface area contributed by atoms with Crippen molar-refractivity contribution in [3.63, 3.8) is 0 Å². The normalized spacial score (nSPS) is 21.4. The van der Waals surface area contributed by atoms with Crippen molar-refractivity contribution in [2.45, 2.75) is 17.4 Å². The Kier molecular flexibility index (Phi) is 3.49. The summed E-state index contributed by atoms with van der Waals surface area (Å²) in [7, 11) is 0. The summed E-state index contributed by atoms with van der Waals surface area (Å²) in [6.45, 7) is 0.322. The quantitative estimate of drug-likeness (QED) is 0.858. The number of aliphatic hydroxyl groups is 1. The van der Waals surface area contributed by atoms with Gasteiger partial charge < -0.3 is 15.2 Å². The maximum absolute atomic E-state index is 11.8. The number of carbonyl (C=O) groups is 2. The zero-order valence-corrected chi connectivity index (χ0v) is 11.4. The largest absolute Gasteiger partial charge is 0.444 e. The summed E-state index contributed by atoms with van der Waals surface area (Å²) < 4.78 is 5.13. The lowest BCUT2D eigenvalue weighted by Crippen LogP contribution is -2.27. The average Bonchev–Trinajstić information content (AvgIpc) is 2.79. The second kappa shape index (κ2) is 5.29. The molecular formula is C12H13N3O4S. The second-order valence-corrected chi connectivity index (χ2v) is 5.50. The number of aliphatic hydroxyl groups excluding tert-OH is 1. The van der Waals surface area contributed by atoms with E-state index in [0.717, 1.165) is 4.90 Å². The highest BCUT2D eigenvalue weighted by Crippen LogP contribution is 2.32. The van der Waals surface area contributed by atoms with Crippen molar-refractivity contribution in [3.05, 3.63) is 12.1 Å². The first-order valence-corrected chi connectivity index (χ1v) is 7.18. The molecule has 1 aromatic rings. The van der Waals surface area contributed by atoms with Gasteiger partial charge in [-0.05, 0) is 12.1 Å². The number of hydrogen-bond donors (Lipinski definition) is 2. The van der Waals surface area contributed by atoms with Gasteiger partial charge in [0.15, 0.2) is 0 Å². The van der Waals surface area contributed by atoms with Crippen molar-refractivity contribution in [1.82, 2.24) is 4.98 Å². The molecule has 0 saturated carbocycles. The minimum absolute atomic E-state index is 0.0316. The number of carbonyl (C=O) groups excluding carboxylic acids is 2. The van der Waals surface area contributed by atoms with E-state index >= 15 is 0 Å². The molecule has 0 radical (unpaired) electrons. The van der Waals surface area contributed by atoms with Gasteiger partial charge in [-0.25, -0.2) is 9.78 Å². The van der Waals surface area contributed by atoms with Crippen LogP contribution in [-0.2, 0) is 9.53 Å². The first-order chi connectivity index (χ1) is 9.67. The fourth-order valence-electron chi connectivity index (χ4n) is 2.11. The van der Waals surface area contributed by atoms with Crippen LogP contribution < -0.4 is 10.2 Å². The third-order valence-electron chi connectivity index (χ3n) is 3.06. The van der Waals surface area contributed by atoms with Gasteiger partial charge in [-0.15, -0.1) is 11.8 Å². The number of amides is 2. The van der Waals surface area contributed by atoms with E-state index in [1.807, 2.05) is 6.07 Å². The topological polar surface area (TPSA) is 91.8 Å². The van der Waals surface area contributed by atoms with E-state index in [1.54, 1.807) is 6.07 Å². The summed E-state index contributed by atoms with van der Waals surface area (Å²) in [5, 5.41) is 11.6. The zero-order valence-electron chi connectivity index (χ0n) is 10.5. The number of nitrogens with zero attached hydrogens (tertiary/aromatic N) is 2. The summed E-state index contributed by atoms with van der Waals surface area (Å²) in [5.41, 5.74) is 0. The molecule has 106 valence electrons. The molecule has 1 saturated heterocycles. The number of nitrogens with one attached hydrogen (secondary N) is 1. The van der Waals surface area contributed by atoms with Crippen LogP contribution >= 0.6 is 11.8 Å². The van der Waals surface area contributed by atoms with E-state index in [4.69, 9.17) is 9.84 Å². The van der Waals surface area contributed by atoms with Crippen LogP contribution in [0.1, 0.15) is 6.42 Å². The molecule has 2 aliphatic heterocycles. The number of pyridine rings is 1. The fraction of sp³-hybridized carbons (Fsp3) is 0.417. The van der Waals surface area contributed by atoms with Crippen LogP contribution in [0, 0.1) is 0 Å². The first kappa shape index (κ1) is 13.2. The highest BCUT2D eigenvalue weighted by atomic mass is 32.2. The molecule has 3 rings (SSSR count). The van der Waals surface area contributed by atoms with Crippen LogP contribution in [0.5, 0.6) is 0 Å². The van der Waals surface area contributed by atoms with E-state index in [1.165, 1.54) is 16.7 Å². The lowest BCUT2D eigenvalue weighted by molar-refractivity contribution is -0.113. The van der Waals surface area contributed by atoms with Crippen molar-refractivity contribution in [2.24, 2.45) is 0 Å². The number of hydrogen-bond acceptors (Lipinski definition) is 6. The third-order valence-corrected chi connectivity index (χ3v) is 4.11. The molecule has 3 heterocycles. The van der Waals surface area contributed by atoms with Crippen LogP contribution in [0.4, 0.5) is 16.4 Å². The van der Waals surface area contributed by atoms with Gasteiger partial charge in [-0.3, -0.25) is 9.69 Å². The molecule has 8 heteroatoms. The highest BCUT2D eigenvalue weighted by Gasteiger charge is 2.33. The van der Waals surface area contributed by atoms with Crippen LogP contribution in [0.2, 0.25) is 0 Å². The Morgan fingerprint density at radius 2 is 2.35 bits per heavy atom. The molecule has 2 aliphatic rings. The Morgan fingerprint density at radius 1 is 1.50 bits per heavy atom. The number of cyclic esters (lactones) is 1. The van der Waals surface area contributed by atoms with Gasteiger partial charge in [-0.1, -0.05) is 0 Å². The first-order valence-electron chi connectivity index (χ1n) is 6.20. The van der Waals surface area contributed by atoms with Crippen LogP contribution in [0.3, 0.4) is 0 Å². The van der Waals surface area contributed by atoms with Crippen molar-refractivity contribution in [3.8, 4) is 0 Å². The maximum Gasteiger partial charge on any atom is 0.415 e. The molecule has 1 fully saturated rings. The van der Waals surface area contributed by atoms with Crippen LogP contribution in [-0.4, -0.2) is 47.1 Å². The summed E-state index contributed by atoms with van der Waals surface area (Å²) >= 11 is 1.42. The Hall–Kier alpha value is -1.80. The second-order valence-electron chi connectivity index (χ2n) is 4.48. The summed E-state index contributed by atoms with van der Waals surface area (Å²) in [4.78, 5) is 29.7. The molecule has 2 amide bonds. The minimum atomic E-state index is -0.481. The van der Waals surface area contributed by atoms with Crippen LogP contribution in [0.15, 0.2) is 17.0 Å². The molecule has 20 heavy (non-hydrogen) atoms. The molecule has 0 spiro atoms. The predicted octanol–water partition coefficient (Wildman–Crippen LogP) is 0.833. The van der Waals surface area contributed by atoms with Crippen molar-refractivity contribution < 1.29 is 19.4 Å². The number of aromatic nitrogens is 1. The standard InChI is InChI=1S/C12H13N3O4S/c16-4-3-7-5-15(12(18)19-7)9-2-1-8-11(13-9)14-10(17)6-20-8/h1-2,7,16H,3-6H2,(H,13,14,17)/t7-/m1/s1. The lowest BCUT2D eigenvalue weighted by Gasteiger charge is -2.18. The molecule has 0 unspecified atom stereocenters. The van der Waals surface area contributed by atoms with Gasteiger partial charge in [0.1, 0.15) is 17.7 Å². The summed E-state index contributed by atoms with van der Waals surface area (Å²) in [6.07, 6.45) is -0.403. The monoisotopic (exact) mass is 295 g/mol. The number of rotatable bonds is 3. The van der Waals surface area contributed by atoms with Gasteiger partial charge in [0.25, 0.3) is 0 Å². The maximum atomic E-state index is 11.8. The molecule has 1 atom stereocenters. The van der Waals surface area contributed by atoms with Gasteiger partial charge in [0.2, 0.25) is 5.91 Å². The van der Waals surface area contributed by atoms with Crippen molar-refractivity contribution >= 4 is 35.4 Å². The van der Waals surface area contributed by atoms with E-state index < -0.39 is 6.09 Å². The molecule has 0 bridgehead atoms. The van der Waals surface area contributed by atoms with Gasteiger partial charge in [0, 0.05) is 13.0 Å². The number of anilines is 2. The van der Waals surface area contributed by atoms with E-state index in [9.17, 15) is 9.59 Å². The predicted molar refractivity (Wildman–Crippen MR) is 72.9 cm³/mol. The van der Waals surface area contributed by atoms with Crippen molar-refractivity contribution in [2.75, 3.05) is 29.1 Å². The Labute approximate surface area is 119 Å². The number of thioether (sulfide) groups is 1. The smallest absolute Gasteiger partial charge is 0.415 e. The van der Waals surface area contributed by atoms with Gasteiger partial charge in [-0.2, -0.15) is 0 Å². The molecule has 7 nitrogen and oxygen atoms in total. The van der Waals surface area contributed by atoms with Gasteiger partial charge >= 0.3 is 6.09 Å². The number of ether oxygens (including phenoxy) is 1. The summed E-state index contributed by atoms with van der Waals surface area (Å²) in [6, 6.07) is 3.56. The van der Waals surface area contributed by atoms with E-state index in [0.29, 0.717) is 30.4 Å². The highest BCUT2D eigenvalue weighted by molar-refractivity contribution is 8.00. The minimum Gasteiger partial charge on any atom is -0.444 e. The van der Waals surface area contributed by atoms with Crippen molar-refractivity contribution in [1.29, 1.82) is 0 Å². The van der Waals surface area contributed by atoms with E-state index in [-0.39, 0.29) is 18.6 Å². The third kappa shape index (κ3) is 2.44. The molecule has 2 N–H and O–H groups in total. The molecular weight excluding hydrogens is 282 g/mol. The Balaban J connectivity index is 1.82. The zero-order chi connectivity index (χ0) is 14.1. The fourth-order valence-corrected chi connectivity index (χ4v) is 2.86. The molecule has 0 aromatic carbocycles. The number of fused-ring (bicyclic) bond motifs is 1. The molecule has 1 aromatic heterocycles. The van der Waals surface area contributed by atoms with Gasteiger partial charge in [0.05, 0.1) is 17.2 Å². The summed E-state index contributed by atoms with van der Waals surface area (Å²) in [5.74, 6) is 1.19. The van der Waals surface area contributed by atoms with E-state index in [2.05, 4.69) is 10.3 Å². The Bertz CT molecular complexity index is 566. The average molecular weight is 295 g/mol. The lowest BCUT2D eigenvalue weighted by atomic mass is 10.2. The van der Waals surface area contributed by atoms with Crippen LogP contribution in [0.25, 0.3) is 0 Å². The SMILES string of the molecule is O=C1CSc2ccc(N3C[C@@H](CCO)OC3=O)nc2N1. The Morgan fingerprint density at radius 3 is 3.15 bits per heavy atom. The molecule has 0 aliphatic carbocycles.